The zero-order chi connectivity index (χ0) is 26.1. The maximum absolute atomic E-state index is 13.5. The van der Waals surface area contributed by atoms with Gasteiger partial charge in [0.25, 0.3) is 11.5 Å². The molecular weight excluding hydrogens is 462 g/mol. The lowest BCUT2D eigenvalue weighted by atomic mass is 10.1. The molecule has 0 aliphatic carbocycles. The van der Waals surface area contributed by atoms with Crippen LogP contribution in [-0.2, 0) is 13.1 Å². The van der Waals surface area contributed by atoms with Crippen LogP contribution in [0.1, 0.15) is 48.4 Å². The number of carbonyl (C=O) groups excluding carboxylic acids is 2. The van der Waals surface area contributed by atoms with E-state index in [4.69, 9.17) is 4.74 Å². The Hall–Kier alpha value is -4.21. The Morgan fingerprint density at radius 1 is 1.03 bits per heavy atom. The van der Waals surface area contributed by atoms with Gasteiger partial charge in [-0.3, -0.25) is 19.0 Å². The molecule has 4 aromatic rings. The number of fused-ring (bicyclic) bond motifs is 3. The van der Waals surface area contributed by atoms with Crippen molar-refractivity contribution >= 4 is 28.4 Å². The van der Waals surface area contributed by atoms with E-state index in [2.05, 4.69) is 10.4 Å². The number of amides is 1. The lowest BCUT2D eigenvalue weighted by molar-refractivity contribution is 0.0940. The van der Waals surface area contributed by atoms with Crippen LogP contribution in [0.3, 0.4) is 0 Å². The molecule has 0 fully saturated rings. The average molecular weight is 492 g/mol. The molecule has 0 atom stereocenters. The Labute approximate surface area is 207 Å². The third-order valence-corrected chi connectivity index (χ3v) is 5.69. The normalized spacial score (nSPS) is 11.5. The molecule has 1 N–H and O–H groups in total. The number of ketones is 1. The fourth-order valence-electron chi connectivity index (χ4n) is 4.06. The number of nitrogens with one attached hydrogen (secondary N) is 1. The largest absolute Gasteiger partial charge is 0.497 e. The molecule has 0 saturated carbocycles. The number of methoxy groups -OCH3 is 1. The summed E-state index contributed by atoms with van der Waals surface area (Å²) in [5.74, 6) is 0.0791. The van der Waals surface area contributed by atoms with Crippen LogP contribution in [0.5, 0.6) is 5.75 Å². The minimum absolute atomic E-state index is 0.0830. The molecule has 36 heavy (non-hydrogen) atoms. The van der Waals surface area contributed by atoms with Crippen molar-refractivity contribution in [1.29, 1.82) is 0 Å². The van der Waals surface area contributed by atoms with E-state index in [9.17, 15) is 19.2 Å². The first-order valence-electron chi connectivity index (χ1n) is 11.7. The van der Waals surface area contributed by atoms with Crippen molar-refractivity contribution in [2.45, 2.75) is 46.8 Å². The molecule has 0 aliphatic rings. The van der Waals surface area contributed by atoms with Gasteiger partial charge in [0.15, 0.2) is 5.78 Å². The van der Waals surface area contributed by atoms with E-state index in [1.807, 2.05) is 27.7 Å². The van der Waals surface area contributed by atoms with E-state index in [1.54, 1.807) is 36.4 Å². The van der Waals surface area contributed by atoms with Gasteiger partial charge in [-0.15, -0.1) is 5.10 Å². The summed E-state index contributed by atoms with van der Waals surface area (Å²) in [5.41, 5.74) is 0.0425. The molecule has 1 amide bonds. The van der Waals surface area contributed by atoms with Crippen molar-refractivity contribution in [2.75, 3.05) is 7.11 Å². The van der Waals surface area contributed by atoms with Crippen molar-refractivity contribution in [3.05, 3.63) is 74.4 Å². The molecule has 2 aromatic heterocycles. The number of benzene rings is 2. The smallest absolute Gasteiger partial charge is 0.352 e. The summed E-state index contributed by atoms with van der Waals surface area (Å²) in [4.78, 5) is 52.5. The maximum atomic E-state index is 13.5. The zero-order valence-electron chi connectivity index (χ0n) is 20.9. The van der Waals surface area contributed by atoms with Gasteiger partial charge in [-0.25, -0.2) is 13.9 Å². The fourth-order valence-corrected chi connectivity index (χ4v) is 4.06. The molecule has 0 saturated heterocycles. The van der Waals surface area contributed by atoms with Crippen LogP contribution in [0.4, 0.5) is 0 Å². The Balaban J connectivity index is 1.91. The van der Waals surface area contributed by atoms with Crippen molar-refractivity contribution in [1.82, 2.24) is 24.1 Å². The molecule has 0 spiro atoms. The standard InChI is InChI=1S/C26H29N5O5/c1-15(2)13-29-24(34)20-10-9-18(23(33)27-16(3)4)12-21(20)31-25(29)28-30(26(31)35)14-22(32)17-7-6-8-19(11-17)36-5/h6-12,15-16H,13-14H2,1-5H3,(H,27,33). The number of rotatable bonds is 8. The van der Waals surface area contributed by atoms with Gasteiger partial charge < -0.3 is 10.1 Å². The molecule has 10 heteroatoms. The van der Waals surface area contributed by atoms with E-state index < -0.39 is 5.69 Å². The van der Waals surface area contributed by atoms with Gasteiger partial charge in [-0.1, -0.05) is 26.0 Å². The number of ether oxygens (including phenoxy) is 1. The first-order valence-corrected chi connectivity index (χ1v) is 11.7. The van der Waals surface area contributed by atoms with Gasteiger partial charge in [-0.2, -0.15) is 0 Å². The molecule has 0 aliphatic heterocycles. The number of Topliss-reactive ketones (excluding diaryl/α,β-unsaturated/α-hetero) is 1. The summed E-state index contributed by atoms with van der Waals surface area (Å²) in [7, 11) is 1.50. The Morgan fingerprint density at radius 2 is 1.78 bits per heavy atom. The summed E-state index contributed by atoms with van der Waals surface area (Å²) in [5, 5.41) is 7.48. The predicted molar refractivity (Wildman–Crippen MR) is 136 cm³/mol. The molecular formula is C26H29N5O5. The highest BCUT2D eigenvalue weighted by Gasteiger charge is 2.21. The van der Waals surface area contributed by atoms with Crippen LogP contribution in [-0.4, -0.2) is 43.6 Å². The Kier molecular flexibility index (Phi) is 6.78. The molecule has 2 heterocycles. The molecule has 2 aromatic carbocycles. The van der Waals surface area contributed by atoms with Crippen LogP contribution in [0.2, 0.25) is 0 Å². The van der Waals surface area contributed by atoms with Crippen LogP contribution < -0.4 is 21.3 Å². The van der Waals surface area contributed by atoms with Crippen molar-refractivity contribution in [2.24, 2.45) is 5.92 Å². The maximum Gasteiger partial charge on any atom is 0.352 e. The monoisotopic (exact) mass is 491 g/mol. The minimum Gasteiger partial charge on any atom is -0.497 e. The van der Waals surface area contributed by atoms with Crippen LogP contribution >= 0.6 is 0 Å². The number of aromatic nitrogens is 4. The summed E-state index contributed by atoms with van der Waals surface area (Å²) >= 11 is 0. The molecule has 0 bridgehead atoms. The summed E-state index contributed by atoms with van der Waals surface area (Å²) in [6, 6.07) is 11.2. The lowest BCUT2D eigenvalue weighted by Crippen LogP contribution is -2.31. The van der Waals surface area contributed by atoms with E-state index in [-0.39, 0.29) is 52.4 Å². The van der Waals surface area contributed by atoms with Crippen molar-refractivity contribution in [3.8, 4) is 5.75 Å². The van der Waals surface area contributed by atoms with Crippen LogP contribution in [0.15, 0.2) is 52.1 Å². The number of carbonyl (C=O) groups is 2. The van der Waals surface area contributed by atoms with E-state index in [0.29, 0.717) is 23.4 Å². The molecule has 4 rings (SSSR count). The van der Waals surface area contributed by atoms with Crippen LogP contribution in [0.25, 0.3) is 16.7 Å². The SMILES string of the molecule is COc1cccc(C(=O)Cn2nc3n(CC(C)C)c(=O)c4ccc(C(=O)NC(C)C)cc4n3c2=O)c1. The highest BCUT2D eigenvalue weighted by atomic mass is 16.5. The zero-order valence-corrected chi connectivity index (χ0v) is 20.9. The van der Waals surface area contributed by atoms with Crippen molar-refractivity contribution < 1.29 is 14.3 Å². The summed E-state index contributed by atoms with van der Waals surface area (Å²) in [6.45, 7) is 7.60. The lowest BCUT2D eigenvalue weighted by Gasteiger charge is -2.13. The second-order valence-corrected chi connectivity index (χ2v) is 9.40. The topological polar surface area (TPSA) is 117 Å². The molecule has 0 radical (unpaired) electrons. The quantitative estimate of drug-likeness (QED) is 0.379. The van der Waals surface area contributed by atoms with Gasteiger partial charge in [0.2, 0.25) is 5.78 Å². The van der Waals surface area contributed by atoms with E-state index >= 15 is 0 Å². The van der Waals surface area contributed by atoms with Crippen LogP contribution in [0, 0.1) is 5.92 Å². The Morgan fingerprint density at radius 3 is 2.44 bits per heavy atom. The van der Waals surface area contributed by atoms with E-state index in [0.717, 1.165) is 4.68 Å². The third-order valence-electron chi connectivity index (χ3n) is 5.69. The molecule has 0 unspecified atom stereocenters. The predicted octanol–water partition coefficient (Wildman–Crippen LogP) is 2.50. The van der Waals surface area contributed by atoms with Gasteiger partial charge in [0.05, 0.1) is 18.0 Å². The number of nitrogens with zero attached hydrogens (tertiary/aromatic N) is 4. The number of hydrogen-bond acceptors (Lipinski definition) is 6. The first-order chi connectivity index (χ1) is 17.1. The highest BCUT2D eigenvalue weighted by molar-refractivity contribution is 5.98. The fraction of sp³-hybridized carbons (Fsp3) is 0.346. The third kappa shape index (κ3) is 4.66. The van der Waals surface area contributed by atoms with Gasteiger partial charge in [-0.05, 0) is 50.1 Å². The van der Waals surface area contributed by atoms with E-state index in [1.165, 1.54) is 22.1 Å². The first kappa shape index (κ1) is 24.9. The van der Waals surface area contributed by atoms with Gasteiger partial charge in [0, 0.05) is 23.7 Å². The van der Waals surface area contributed by atoms with Gasteiger partial charge >= 0.3 is 5.69 Å². The average Bonchev–Trinajstić information content (AvgIpc) is 3.16. The molecule has 188 valence electrons. The minimum atomic E-state index is -0.579. The summed E-state index contributed by atoms with van der Waals surface area (Å²) < 4.78 is 8.97. The highest BCUT2D eigenvalue weighted by Crippen LogP contribution is 2.16. The second kappa shape index (κ2) is 9.80. The number of hydrogen-bond donors (Lipinski definition) is 1. The Bertz CT molecular complexity index is 1590. The van der Waals surface area contributed by atoms with Crippen molar-refractivity contribution in [3.63, 3.8) is 0 Å². The second-order valence-electron chi connectivity index (χ2n) is 9.40. The molecule has 10 nitrogen and oxygen atoms in total. The summed E-state index contributed by atoms with van der Waals surface area (Å²) in [6.07, 6.45) is 0. The van der Waals surface area contributed by atoms with Gasteiger partial charge in [0.1, 0.15) is 12.3 Å².